The molecule has 0 heterocycles. The third-order valence-electron chi connectivity index (χ3n) is 2.94. The minimum absolute atomic E-state index is 0.164. The van der Waals surface area contributed by atoms with E-state index in [1.807, 2.05) is 24.3 Å². The third kappa shape index (κ3) is 8.96. The first-order valence-corrected chi connectivity index (χ1v) is 11.7. The van der Waals surface area contributed by atoms with Gasteiger partial charge in [-0.15, -0.1) is 5.54 Å². The molecular weight excluding hydrogens is 334 g/mol. The van der Waals surface area contributed by atoms with Crippen molar-refractivity contribution in [3.8, 4) is 11.5 Å². The molecule has 25 heavy (non-hydrogen) atoms. The summed E-state index contributed by atoms with van der Waals surface area (Å²) in [7, 11) is -1.48. The predicted octanol–water partition coefficient (Wildman–Crippen LogP) is 3.44. The SMILES string of the molecule is CC(C)(C)OC(=O)N[C@@H](Cc1cccc(C#C[Si](C)(C)C)c1)C(=O)O. The number of hydrogen-bond acceptors (Lipinski definition) is 3. The number of benzene rings is 1. The van der Waals surface area contributed by atoms with Crippen LogP contribution in [0.5, 0.6) is 0 Å². The third-order valence-corrected chi connectivity index (χ3v) is 3.81. The van der Waals surface area contributed by atoms with Crippen LogP contribution in [-0.2, 0) is 16.0 Å². The number of amides is 1. The Hall–Kier alpha value is -2.26. The van der Waals surface area contributed by atoms with Gasteiger partial charge in [-0.25, -0.2) is 9.59 Å². The average molecular weight is 362 g/mol. The average Bonchev–Trinajstić information content (AvgIpc) is 2.42. The zero-order valence-electron chi connectivity index (χ0n) is 15.8. The van der Waals surface area contributed by atoms with Crippen molar-refractivity contribution in [2.45, 2.75) is 58.5 Å². The summed E-state index contributed by atoms with van der Waals surface area (Å²) in [4.78, 5) is 23.3. The topological polar surface area (TPSA) is 75.6 Å². The number of rotatable bonds is 4. The first-order chi connectivity index (χ1) is 11.4. The number of hydrogen-bond donors (Lipinski definition) is 2. The van der Waals surface area contributed by atoms with Gasteiger partial charge in [0.05, 0.1) is 0 Å². The molecule has 0 saturated heterocycles. The van der Waals surface area contributed by atoms with Crippen LogP contribution < -0.4 is 5.32 Å². The Morgan fingerprint density at radius 3 is 2.44 bits per heavy atom. The standard InChI is InChI=1S/C19H27NO4Si/c1-19(2,3)24-18(23)20-16(17(21)22)13-15-9-7-8-14(12-15)10-11-25(4,5)6/h7-9,12,16H,13H2,1-6H3,(H,20,23)(H,21,22)/t16-/m0/s1. The van der Waals surface area contributed by atoms with Crippen molar-refractivity contribution in [1.29, 1.82) is 0 Å². The van der Waals surface area contributed by atoms with E-state index in [-0.39, 0.29) is 6.42 Å². The van der Waals surface area contributed by atoms with Crippen LogP contribution in [0.2, 0.25) is 19.6 Å². The molecule has 0 radical (unpaired) electrons. The number of carbonyl (C=O) groups excluding carboxylic acids is 1. The zero-order valence-corrected chi connectivity index (χ0v) is 16.8. The van der Waals surface area contributed by atoms with Gasteiger partial charge >= 0.3 is 12.1 Å². The summed E-state index contributed by atoms with van der Waals surface area (Å²) in [6.07, 6.45) is -0.577. The number of carbonyl (C=O) groups is 2. The van der Waals surface area contributed by atoms with Crippen LogP contribution >= 0.6 is 0 Å². The van der Waals surface area contributed by atoms with Crippen LogP contribution in [0, 0.1) is 11.5 Å². The Kier molecular flexibility index (Phi) is 6.83. The van der Waals surface area contributed by atoms with Gasteiger partial charge in [0.25, 0.3) is 0 Å². The molecule has 0 saturated carbocycles. The van der Waals surface area contributed by atoms with E-state index in [0.29, 0.717) is 0 Å². The van der Waals surface area contributed by atoms with Crippen LogP contribution in [0.1, 0.15) is 31.9 Å². The lowest BCUT2D eigenvalue weighted by Crippen LogP contribution is -2.44. The lowest BCUT2D eigenvalue weighted by Gasteiger charge is -2.22. The maximum Gasteiger partial charge on any atom is 0.408 e. The van der Waals surface area contributed by atoms with Crippen molar-refractivity contribution < 1.29 is 19.4 Å². The highest BCUT2D eigenvalue weighted by molar-refractivity contribution is 6.83. The van der Waals surface area contributed by atoms with Gasteiger partial charge in [0.15, 0.2) is 0 Å². The minimum atomic E-state index is -1.48. The summed E-state index contributed by atoms with van der Waals surface area (Å²) in [5, 5.41) is 11.8. The van der Waals surface area contributed by atoms with Crippen molar-refractivity contribution >= 4 is 20.1 Å². The summed E-state index contributed by atoms with van der Waals surface area (Å²) in [6.45, 7) is 11.7. The molecule has 1 aromatic rings. The first-order valence-electron chi connectivity index (χ1n) is 8.20. The molecule has 0 spiro atoms. The van der Waals surface area contributed by atoms with Crippen LogP contribution in [0.25, 0.3) is 0 Å². The van der Waals surface area contributed by atoms with Crippen LogP contribution in [-0.4, -0.2) is 36.9 Å². The van der Waals surface area contributed by atoms with Crippen molar-refractivity contribution in [3.05, 3.63) is 35.4 Å². The predicted molar refractivity (Wildman–Crippen MR) is 101 cm³/mol. The molecule has 5 nitrogen and oxygen atoms in total. The fourth-order valence-corrected chi connectivity index (χ4v) is 2.44. The second kappa shape index (κ2) is 8.21. The van der Waals surface area contributed by atoms with Crippen LogP contribution in [0.4, 0.5) is 4.79 Å². The molecule has 1 rings (SSSR count). The molecule has 1 amide bonds. The van der Waals surface area contributed by atoms with Gasteiger partial charge in [0, 0.05) is 12.0 Å². The summed E-state index contributed by atoms with van der Waals surface area (Å²) >= 11 is 0. The van der Waals surface area contributed by atoms with E-state index in [4.69, 9.17) is 4.74 Å². The number of ether oxygens (including phenoxy) is 1. The highest BCUT2D eigenvalue weighted by Crippen LogP contribution is 2.10. The van der Waals surface area contributed by atoms with E-state index in [1.54, 1.807) is 20.8 Å². The van der Waals surface area contributed by atoms with E-state index < -0.39 is 31.8 Å². The first kappa shape index (κ1) is 20.8. The highest BCUT2D eigenvalue weighted by Gasteiger charge is 2.24. The molecule has 1 aromatic carbocycles. The number of aliphatic carboxylic acids is 1. The Balaban J connectivity index is 2.87. The van der Waals surface area contributed by atoms with Crippen molar-refractivity contribution in [1.82, 2.24) is 5.32 Å². The second-order valence-corrected chi connectivity index (χ2v) is 12.7. The quantitative estimate of drug-likeness (QED) is 0.636. The maximum absolute atomic E-state index is 11.8. The molecule has 2 N–H and O–H groups in total. The van der Waals surface area contributed by atoms with Gasteiger partial charge < -0.3 is 15.2 Å². The Morgan fingerprint density at radius 1 is 1.28 bits per heavy atom. The molecule has 0 bridgehead atoms. The van der Waals surface area contributed by atoms with Gasteiger partial charge in [0.1, 0.15) is 19.7 Å². The fourth-order valence-electron chi connectivity index (χ4n) is 1.92. The minimum Gasteiger partial charge on any atom is -0.480 e. The molecule has 0 unspecified atom stereocenters. The smallest absolute Gasteiger partial charge is 0.408 e. The second-order valence-electron chi connectivity index (χ2n) is 7.94. The van der Waals surface area contributed by atoms with Gasteiger partial charge in [-0.3, -0.25) is 0 Å². The maximum atomic E-state index is 11.8. The molecule has 136 valence electrons. The van der Waals surface area contributed by atoms with E-state index >= 15 is 0 Å². The molecule has 0 aliphatic heterocycles. The van der Waals surface area contributed by atoms with Gasteiger partial charge in [0.2, 0.25) is 0 Å². The summed E-state index contributed by atoms with van der Waals surface area (Å²) in [5.41, 5.74) is 4.25. The number of carboxylic acids is 1. The van der Waals surface area contributed by atoms with Crippen LogP contribution in [0.3, 0.4) is 0 Å². The number of alkyl carbamates (subject to hydrolysis) is 1. The summed E-state index contributed by atoms with van der Waals surface area (Å²) in [6, 6.07) is 6.37. The fraction of sp³-hybridized carbons (Fsp3) is 0.474. The van der Waals surface area contributed by atoms with E-state index in [9.17, 15) is 14.7 Å². The van der Waals surface area contributed by atoms with E-state index in [0.717, 1.165) is 11.1 Å². The lowest BCUT2D eigenvalue weighted by molar-refractivity contribution is -0.139. The summed E-state index contributed by atoms with van der Waals surface area (Å²) < 4.78 is 5.12. The van der Waals surface area contributed by atoms with E-state index in [1.165, 1.54) is 0 Å². The van der Waals surface area contributed by atoms with Gasteiger partial charge in [-0.2, -0.15) is 0 Å². The van der Waals surface area contributed by atoms with Crippen molar-refractivity contribution in [2.75, 3.05) is 0 Å². The normalized spacial score (nSPS) is 12.6. The molecular formula is C19H27NO4Si. The number of nitrogens with one attached hydrogen (secondary N) is 1. The number of carboxylic acid groups (broad SMARTS) is 1. The zero-order chi connectivity index (χ0) is 19.3. The molecule has 0 aliphatic rings. The molecule has 6 heteroatoms. The molecule has 0 fully saturated rings. The van der Waals surface area contributed by atoms with Crippen LogP contribution in [0.15, 0.2) is 24.3 Å². The van der Waals surface area contributed by atoms with Crippen molar-refractivity contribution in [3.63, 3.8) is 0 Å². The Morgan fingerprint density at radius 2 is 1.92 bits per heavy atom. The van der Waals surface area contributed by atoms with Gasteiger partial charge in [-0.05, 0) is 38.5 Å². The Labute approximate surface area is 150 Å². The van der Waals surface area contributed by atoms with Gasteiger partial charge in [-0.1, -0.05) is 37.7 Å². The lowest BCUT2D eigenvalue weighted by atomic mass is 10.0. The Bertz CT molecular complexity index is 690. The summed E-state index contributed by atoms with van der Waals surface area (Å²) in [5.74, 6) is 2.04. The highest BCUT2D eigenvalue weighted by atomic mass is 28.3. The molecule has 0 aromatic heterocycles. The molecule has 1 atom stereocenters. The largest absolute Gasteiger partial charge is 0.480 e. The molecule has 0 aliphatic carbocycles. The monoisotopic (exact) mass is 361 g/mol. The van der Waals surface area contributed by atoms with Crippen molar-refractivity contribution in [2.24, 2.45) is 0 Å². The van der Waals surface area contributed by atoms with E-state index in [2.05, 4.69) is 36.4 Å².